The van der Waals surface area contributed by atoms with Crippen molar-refractivity contribution in [3.05, 3.63) is 64.9 Å². The van der Waals surface area contributed by atoms with E-state index in [4.69, 9.17) is 12.2 Å². The third kappa shape index (κ3) is 2.92. The molecule has 0 bridgehead atoms. The van der Waals surface area contributed by atoms with Crippen LogP contribution in [0.25, 0.3) is 11.4 Å². The van der Waals surface area contributed by atoms with Crippen LogP contribution < -0.4 is 0 Å². The van der Waals surface area contributed by atoms with Gasteiger partial charge in [0, 0.05) is 23.5 Å². The van der Waals surface area contributed by atoms with Gasteiger partial charge < -0.3 is 0 Å². The number of halogens is 1. The molecule has 1 aromatic carbocycles. The van der Waals surface area contributed by atoms with Crippen LogP contribution in [0.5, 0.6) is 0 Å². The standard InChI is InChI=1S/C14H10FN5S/c15-12-5-3-11(4-6-12)13-18-19-14(21)20(13)17-9-10-2-1-7-16-8-10/h1-9H,(H,19,21). The van der Waals surface area contributed by atoms with Crippen LogP contribution in [-0.4, -0.2) is 26.1 Å². The lowest BCUT2D eigenvalue weighted by molar-refractivity contribution is 0.628. The number of H-pyrrole nitrogens is 1. The maximum absolute atomic E-state index is 13.0. The summed E-state index contributed by atoms with van der Waals surface area (Å²) in [6.07, 6.45) is 5.00. The fourth-order valence-electron chi connectivity index (χ4n) is 1.76. The SMILES string of the molecule is Fc1ccc(-c2n[nH]c(=S)n2N=Cc2cccnc2)cc1. The highest BCUT2D eigenvalue weighted by Crippen LogP contribution is 2.17. The minimum absolute atomic E-state index is 0.307. The summed E-state index contributed by atoms with van der Waals surface area (Å²) in [7, 11) is 0. The van der Waals surface area contributed by atoms with Crippen LogP contribution in [-0.2, 0) is 0 Å². The van der Waals surface area contributed by atoms with Crippen molar-refractivity contribution in [3.63, 3.8) is 0 Å². The van der Waals surface area contributed by atoms with Gasteiger partial charge in [-0.05, 0) is 42.5 Å². The van der Waals surface area contributed by atoms with E-state index in [1.807, 2.05) is 12.1 Å². The Kier molecular flexibility index (Phi) is 3.65. The van der Waals surface area contributed by atoms with Crippen LogP contribution in [0.3, 0.4) is 0 Å². The van der Waals surface area contributed by atoms with Gasteiger partial charge in [-0.25, -0.2) is 9.49 Å². The Morgan fingerprint density at radius 2 is 2.05 bits per heavy atom. The molecule has 0 unspecified atom stereocenters. The molecule has 1 N–H and O–H groups in total. The summed E-state index contributed by atoms with van der Waals surface area (Å²) in [4.78, 5) is 4.01. The first-order valence-electron chi connectivity index (χ1n) is 6.12. The molecule has 3 aromatic rings. The van der Waals surface area contributed by atoms with E-state index in [1.54, 1.807) is 30.7 Å². The number of aromatic amines is 1. The quantitative estimate of drug-likeness (QED) is 0.597. The molecule has 0 saturated carbocycles. The van der Waals surface area contributed by atoms with Crippen molar-refractivity contribution in [3.8, 4) is 11.4 Å². The number of benzene rings is 1. The fraction of sp³-hybridized carbons (Fsp3) is 0. The summed E-state index contributed by atoms with van der Waals surface area (Å²) in [5.41, 5.74) is 1.55. The Hall–Kier alpha value is -2.67. The predicted molar refractivity (Wildman–Crippen MR) is 80.0 cm³/mol. The minimum atomic E-state index is -0.307. The van der Waals surface area contributed by atoms with Gasteiger partial charge in [0.25, 0.3) is 0 Å². The van der Waals surface area contributed by atoms with Crippen LogP contribution >= 0.6 is 12.2 Å². The first-order valence-corrected chi connectivity index (χ1v) is 6.52. The Morgan fingerprint density at radius 1 is 1.24 bits per heavy atom. The van der Waals surface area contributed by atoms with E-state index in [-0.39, 0.29) is 5.82 Å². The van der Waals surface area contributed by atoms with E-state index in [2.05, 4.69) is 20.3 Å². The number of hydrogen-bond acceptors (Lipinski definition) is 4. The molecule has 2 heterocycles. The third-order valence-electron chi connectivity index (χ3n) is 2.76. The lowest BCUT2D eigenvalue weighted by Crippen LogP contribution is -1.95. The molecule has 21 heavy (non-hydrogen) atoms. The van der Waals surface area contributed by atoms with E-state index < -0.39 is 0 Å². The lowest BCUT2D eigenvalue weighted by atomic mass is 10.2. The van der Waals surface area contributed by atoms with Crippen molar-refractivity contribution in [2.75, 3.05) is 0 Å². The average molecular weight is 299 g/mol. The van der Waals surface area contributed by atoms with Crippen LogP contribution in [0.15, 0.2) is 53.9 Å². The number of nitrogens with one attached hydrogen (secondary N) is 1. The molecule has 0 spiro atoms. The molecule has 0 aliphatic rings. The molecule has 0 saturated heterocycles. The second-order valence-corrected chi connectivity index (χ2v) is 4.59. The van der Waals surface area contributed by atoms with Crippen molar-refractivity contribution >= 4 is 18.4 Å². The number of pyridine rings is 1. The van der Waals surface area contributed by atoms with E-state index in [0.29, 0.717) is 16.2 Å². The molecule has 2 aromatic heterocycles. The van der Waals surface area contributed by atoms with Gasteiger partial charge in [-0.2, -0.15) is 14.9 Å². The Bertz CT molecular complexity index is 821. The minimum Gasteiger partial charge on any atom is -0.264 e. The summed E-state index contributed by atoms with van der Waals surface area (Å²) in [5, 5.41) is 11.1. The zero-order valence-corrected chi connectivity index (χ0v) is 11.6. The monoisotopic (exact) mass is 299 g/mol. The summed E-state index contributed by atoms with van der Waals surface area (Å²) >= 11 is 5.16. The zero-order valence-electron chi connectivity index (χ0n) is 10.8. The number of hydrogen-bond donors (Lipinski definition) is 1. The lowest BCUT2D eigenvalue weighted by Gasteiger charge is -2.00. The van der Waals surface area contributed by atoms with Crippen LogP contribution in [0.2, 0.25) is 0 Å². The van der Waals surface area contributed by atoms with E-state index in [9.17, 15) is 4.39 Å². The molecular weight excluding hydrogens is 289 g/mol. The highest BCUT2D eigenvalue weighted by molar-refractivity contribution is 7.71. The first-order chi connectivity index (χ1) is 10.2. The van der Waals surface area contributed by atoms with Crippen LogP contribution in [0.1, 0.15) is 5.56 Å². The van der Waals surface area contributed by atoms with Gasteiger partial charge in [0.05, 0.1) is 6.21 Å². The van der Waals surface area contributed by atoms with Gasteiger partial charge in [-0.1, -0.05) is 6.07 Å². The Labute approximate surface area is 124 Å². The van der Waals surface area contributed by atoms with Gasteiger partial charge in [-0.15, -0.1) is 0 Å². The largest absolute Gasteiger partial charge is 0.264 e. The molecule has 0 amide bonds. The number of aromatic nitrogens is 4. The van der Waals surface area contributed by atoms with Gasteiger partial charge in [0.15, 0.2) is 5.82 Å². The van der Waals surface area contributed by atoms with Crippen LogP contribution in [0, 0.1) is 10.6 Å². The molecule has 0 radical (unpaired) electrons. The highest BCUT2D eigenvalue weighted by atomic mass is 32.1. The topological polar surface area (TPSA) is 58.9 Å². The zero-order chi connectivity index (χ0) is 14.7. The predicted octanol–water partition coefficient (Wildman–Crippen LogP) is 3.02. The maximum atomic E-state index is 13.0. The van der Waals surface area contributed by atoms with Crippen molar-refractivity contribution in [1.82, 2.24) is 19.9 Å². The molecule has 0 aliphatic carbocycles. The molecule has 104 valence electrons. The molecule has 0 atom stereocenters. The van der Waals surface area contributed by atoms with Crippen molar-refractivity contribution in [2.24, 2.45) is 5.10 Å². The van der Waals surface area contributed by atoms with E-state index in [0.717, 1.165) is 5.56 Å². The van der Waals surface area contributed by atoms with Gasteiger partial charge in [0.2, 0.25) is 4.77 Å². The first kappa shape index (κ1) is 13.3. The van der Waals surface area contributed by atoms with Gasteiger partial charge >= 0.3 is 0 Å². The average Bonchev–Trinajstić information content (AvgIpc) is 2.88. The van der Waals surface area contributed by atoms with E-state index in [1.165, 1.54) is 16.8 Å². The van der Waals surface area contributed by atoms with E-state index >= 15 is 0 Å². The fourth-order valence-corrected chi connectivity index (χ4v) is 1.94. The molecule has 3 rings (SSSR count). The van der Waals surface area contributed by atoms with Gasteiger partial charge in [-0.3, -0.25) is 4.98 Å². The summed E-state index contributed by atoms with van der Waals surface area (Å²) in [5.74, 6) is 0.207. The normalized spacial score (nSPS) is 11.1. The van der Waals surface area contributed by atoms with Crippen molar-refractivity contribution < 1.29 is 4.39 Å². The summed E-state index contributed by atoms with van der Waals surface area (Å²) in [6.45, 7) is 0. The second-order valence-electron chi connectivity index (χ2n) is 4.20. The number of rotatable bonds is 3. The van der Waals surface area contributed by atoms with Crippen molar-refractivity contribution in [2.45, 2.75) is 0 Å². The van der Waals surface area contributed by atoms with Crippen LogP contribution in [0.4, 0.5) is 4.39 Å². The Morgan fingerprint density at radius 3 is 2.76 bits per heavy atom. The second kappa shape index (κ2) is 5.76. The Balaban J connectivity index is 2.00. The van der Waals surface area contributed by atoms with Crippen molar-refractivity contribution in [1.29, 1.82) is 0 Å². The summed E-state index contributed by atoms with van der Waals surface area (Å²) < 4.78 is 14.8. The van der Waals surface area contributed by atoms with Gasteiger partial charge in [0.1, 0.15) is 5.82 Å². The molecule has 0 fully saturated rings. The third-order valence-corrected chi connectivity index (χ3v) is 3.02. The summed E-state index contributed by atoms with van der Waals surface area (Å²) in [6, 6.07) is 9.66. The molecule has 5 nitrogen and oxygen atoms in total. The molecule has 7 heteroatoms. The smallest absolute Gasteiger partial charge is 0.216 e. The maximum Gasteiger partial charge on any atom is 0.216 e. The highest BCUT2D eigenvalue weighted by Gasteiger charge is 2.07. The number of nitrogens with zero attached hydrogens (tertiary/aromatic N) is 4. The molecule has 0 aliphatic heterocycles. The molecular formula is C14H10FN5S.